The first-order valence-electron chi connectivity index (χ1n) is 4.97. The van der Waals surface area contributed by atoms with Crippen LogP contribution in [0.1, 0.15) is 26.7 Å². The molecule has 0 aromatic carbocycles. The number of rotatable bonds is 2. The van der Waals surface area contributed by atoms with Crippen molar-refractivity contribution in [2.24, 2.45) is 0 Å². The normalized spacial score (nSPS) is 22.3. The highest BCUT2D eigenvalue weighted by Gasteiger charge is 2.33. The Hall–Kier alpha value is -0.620. The summed E-state index contributed by atoms with van der Waals surface area (Å²) in [7, 11) is -3.08. The number of sulfonamides is 1. The van der Waals surface area contributed by atoms with Crippen molar-refractivity contribution in [3.63, 3.8) is 0 Å². The van der Waals surface area contributed by atoms with E-state index in [0.717, 1.165) is 0 Å². The van der Waals surface area contributed by atoms with Crippen LogP contribution in [-0.2, 0) is 14.8 Å². The molecule has 0 aliphatic carbocycles. The van der Waals surface area contributed by atoms with Crippen LogP contribution in [0.3, 0.4) is 0 Å². The summed E-state index contributed by atoms with van der Waals surface area (Å²) in [5.74, 6) is -0.0645. The lowest BCUT2D eigenvalue weighted by Gasteiger charge is -2.38. The molecule has 1 fully saturated rings. The van der Waals surface area contributed by atoms with E-state index in [1.165, 1.54) is 17.5 Å². The van der Waals surface area contributed by atoms with Gasteiger partial charge >= 0.3 is 0 Å². The fourth-order valence-electron chi connectivity index (χ4n) is 1.86. The zero-order valence-corrected chi connectivity index (χ0v) is 10.2. The summed E-state index contributed by atoms with van der Waals surface area (Å²) < 4.78 is 24.0. The Morgan fingerprint density at radius 1 is 1.33 bits per heavy atom. The van der Waals surface area contributed by atoms with E-state index < -0.39 is 10.0 Å². The standard InChI is InChI=1S/C9H18N2O3S/c1-8(12)10-9(2)4-6-11(7-5-9)15(3,13)14/h4-7H2,1-3H3,(H,10,12). The number of nitrogens with zero attached hydrogens (tertiary/aromatic N) is 1. The molecule has 0 saturated carbocycles. The Morgan fingerprint density at radius 3 is 2.13 bits per heavy atom. The third-order valence-corrected chi connectivity index (χ3v) is 4.08. The number of carbonyl (C=O) groups excluding carboxylic acids is 1. The van der Waals surface area contributed by atoms with Crippen LogP contribution in [0.4, 0.5) is 0 Å². The van der Waals surface area contributed by atoms with E-state index in [0.29, 0.717) is 25.9 Å². The van der Waals surface area contributed by atoms with Crippen molar-refractivity contribution in [2.75, 3.05) is 19.3 Å². The van der Waals surface area contributed by atoms with Crippen LogP contribution in [0.2, 0.25) is 0 Å². The fourth-order valence-corrected chi connectivity index (χ4v) is 2.71. The molecule has 1 saturated heterocycles. The fraction of sp³-hybridized carbons (Fsp3) is 0.889. The smallest absolute Gasteiger partial charge is 0.217 e. The predicted octanol–water partition coefficient (Wildman–Crippen LogP) is -0.0634. The van der Waals surface area contributed by atoms with E-state index in [2.05, 4.69) is 5.32 Å². The van der Waals surface area contributed by atoms with Crippen molar-refractivity contribution in [3.05, 3.63) is 0 Å². The van der Waals surface area contributed by atoms with Gasteiger partial charge in [0.1, 0.15) is 0 Å². The molecule has 1 rings (SSSR count). The van der Waals surface area contributed by atoms with Crippen molar-refractivity contribution < 1.29 is 13.2 Å². The van der Waals surface area contributed by atoms with Crippen molar-refractivity contribution in [2.45, 2.75) is 32.2 Å². The molecule has 0 bridgehead atoms. The number of hydrogen-bond acceptors (Lipinski definition) is 3. The zero-order chi connectivity index (χ0) is 11.7. The minimum absolute atomic E-state index is 0.0645. The molecule has 5 nitrogen and oxygen atoms in total. The van der Waals surface area contributed by atoms with E-state index in [1.807, 2.05) is 6.92 Å². The van der Waals surface area contributed by atoms with Crippen LogP contribution in [0.5, 0.6) is 0 Å². The summed E-state index contributed by atoms with van der Waals surface area (Å²) in [6, 6.07) is 0. The summed E-state index contributed by atoms with van der Waals surface area (Å²) in [6.45, 7) is 4.40. The van der Waals surface area contributed by atoms with Crippen LogP contribution < -0.4 is 5.32 Å². The molecule has 0 spiro atoms. The molecule has 88 valence electrons. The molecule has 1 aliphatic rings. The van der Waals surface area contributed by atoms with Gasteiger partial charge in [0, 0.05) is 25.6 Å². The van der Waals surface area contributed by atoms with E-state index in [4.69, 9.17) is 0 Å². The number of carbonyl (C=O) groups is 1. The molecule has 1 heterocycles. The lowest BCUT2D eigenvalue weighted by molar-refractivity contribution is -0.121. The SMILES string of the molecule is CC(=O)NC1(C)CCN(S(C)(=O)=O)CC1. The van der Waals surface area contributed by atoms with Gasteiger partial charge in [0.2, 0.25) is 15.9 Å². The van der Waals surface area contributed by atoms with Crippen LogP contribution in [-0.4, -0.2) is 43.5 Å². The summed E-state index contributed by atoms with van der Waals surface area (Å²) in [5, 5.41) is 2.87. The van der Waals surface area contributed by atoms with Crippen LogP contribution in [0, 0.1) is 0 Å². The molecule has 0 unspecified atom stereocenters. The number of nitrogens with one attached hydrogen (secondary N) is 1. The molecule has 6 heteroatoms. The monoisotopic (exact) mass is 234 g/mol. The molecule has 0 radical (unpaired) electrons. The topological polar surface area (TPSA) is 66.5 Å². The highest BCUT2D eigenvalue weighted by atomic mass is 32.2. The molecule has 15 heavy (non-hydrogen) atoms. The lowest BCUT2D eigenvalue weighted by atomic mass is 9.90. The Kier molecular flexibility index (Phi) is 3.40. The minimum atomic E-state index is -3.08. The van der Waals surface area contributed by atoms with Crippen molar-refractivity contribution >= 4 is 15.9 Å². The maximum absolute atomic E-state index is 11.3. The van der Waals surface area contributed by atoms with Crippen LogP contribution in [0.15, 0.2) is 0 Å². The van der Waals surface area contributed by atoms with Gasteiger partial charge in [-0.1, -0.05) is 0 Å². The second-order valence-electron chi connectivity index (χ2n) is 4.40. The Morgan fingerprint density at radius 2 is 1.80 bits per heavy atom. The molecular formula is C9H18N2O3S. The summed E-state index contributed by atoms with van der Waals surface area (Å²) in [5.41, 5.74) is -0.257. The number of hydrogen-bond donors (Lipinski definition) is 1. The first-order valence-corrected chi connectivity index (χ1v) is 6.82. The first kappa shape index (κ1) is 12.4. The molecule has 0 aromatic heterocycles. The van der Waals surface area contributed by atoms with Crippen LogP contribution in [0.25, 0.3) is 0 Å². The van der Waals surface area contributed by atoms with Gasteiger partial charge < -0.3 is 5.32 Å². The second kappa shape index (κ2) is 4.09. The van der Waals surface area contributed by atoms with Gasteiger partial charge in [-0.3, -0.25) is 4.79 Å². The molecule has 1 N–H and O–H groups in total. The van der Waals surface area contributed by atoms with E-state index in [1.54, 1.807) is 0 Å². The zero-order valence-electron chi connectivity index (χ0n) is 9.41. The van der Waals surface area contributed by atoms with E-state index in [-0.39, 0.29) is 11.4 Å². The number of piperidine rings is 1. The molecule has 1 aliphatic heterocycles. The average Bonchev–Trinajstić information content (AvgIpc) is 2.00. The quantitative estimate of drug-likeness (QED) is 0.727. The third-order valence-electron chi connectivity index (χ3n) is 2.77. The summed E-state index contributed by atoms with van der Waals surface area (Å²) in [6.07, 6.45) is 2.55. The molecule has 0 aromatic rings. The largest absolute Gasteiger partial charge is 0.351 e. The average molecular weight is 234 g/mol. The Labute approximate surface area is 90.9 Å². The molecule has 1 amide bonds. The molecular weight excluding hydrogens is 216 g/mol. The summed E-state index contributed by atoms with van der Waals surface area (Å²) >= 11 is 0. The predicted molar refractivity (Wildman–Crippen MR) is 57.9 cm³/mol. The van der Waals surface area contributed by atoms with Crippen molar-refractivity contribution in [1.82, 2.24) is 9.62 Å². The highest BCUT2D eigenvalue weighted by Crippen LogP contribution is 2.22. The van der Waals surface area contributed by atoms with Gasteiger partial charge in [-0.05, 0) is 19.8 Å². The minimum Gasteiger partial charge on any atom is -0.351 e. The first-order chi connectivity index (χ1) is 6.73. The van der Waals surface area contributed by atoms with Gasteiger partial charge in [0.15, 0.2) is 0 Å². The van der Waals surface area contributed by atoms with E-state index in [9.17, 15) is 13.2 Å². The third kappa shape index (κ3) is 3.46. The lowest BCUT2D eigenvalue weighted by Crippen LogP contribution is -2.53. The van der Waals surface area contributed by atoms with Gasteiger partial charge in [-0.2, -0.15) is 0 Å². The van der Waals surface area contributed by atoms with E-state index >= 15 is 0 Å². The summed E-state index contributed by atoms with van der Waals surface area (Å²) in [4.78, 5) is 11.0. The Bertz CT molecular complexity index is 342. The molecule has 0 atom stereocenters. The maximum atomic E-state index is 11.3. The van der Waals surface area contributed by atoms with Gasteiger partial charge in [0.25, 0.3) is 0 Å². The van der Waals surface area contributed by atoms with Crippen LogP contribution >= 0.6 is 0 Å². The van der Waals surface area contributed by atoms with Gasteiger partial charge in [-0.15, -0.1) is 0 Å². The second-order valence-corrected chi connectivity index (χ2v) is 6.39. The highest BCUT2D eigenvalue weighted by molar-refractivity contribution is 7.88. The number of amides is 1. The maximum Gasteiger partial charge on any atom is 0.217 e. The van der Waals surface area contributed by atoms with Crippen molar-refractivity contribution in [1.29, 1.82) is 0 Å². The van der Waals surface area contributed by atoms with Gasteiger partial charge in [0.05, 0.1) is 6.26 Å². The van der Waals surface area contributed by atoms with Gasteiger partial charge in [-0.25, -0.2) is 12.7 Å². The van der Waals surface area contributed by atoms with Crippen molar-refractivity contribution in [3.8, 4) is 0 Å². The Balaban J connectivity index is 2.59.